The van der Waals surface area contributed by atoms with E-state index in [9.17, 15) is 4.39 Å². The van der Waals surface area contributed by atoms with Crippen LogP contribution in [0, 0.1) is 0 Å². The second-order valence-electron chi connectivity index (χ2n) is 5.16. The van der Waals surface area contributed by atoms with Crippen LogP contribution in [-0.4, -0.2) is 61.3 Å². The standard InChI is InChI=1S/C12H24FN3/c13-5-1-6-15-7-4-12(10-15)16-8-2-11(14)3-9-16/h11-12H,1-10,14H2. The van der Waals surface area contributed by atoms with Crippen LogP contribution in [0.3, 0.4) is 0 Å². The summed E-state index contributed by atoms with van der Waals surface area (Å²) in [5.41, 5.74) is 5.91. The lowest BCUT2D eigenvalue weighted by atomic mass is 10.0. The monoisotopic (exact) mass is 229 g/mol. The average molecular weight is 229 g/mol. The van der Waals surface area contributed by atoms with Gasteiger partial charge in [-0.05, 0) is 45.3 Å². The molecule has 0 amide bonds. The van der Waals surface area contributed by atoms with Crippen LogP contribution in [-0.2, 0) is 0 Å². The van der Waals surface area contributed by atoms with Gasteiger partial charge in [0.1, 0.15) is 0 Å². The molecule has 2 fully saturated rings. The minimum absolute atomic E-state index is 0.181. The molecule has 0 aromatic carbocycles. The van der Waals surface area contributed by atoms with Crippen molar-refractivity contribution in [2.45, 2.75) is 37.8 Å². The van der Waals surface area contributed by atoms with Crippen LogP contribution in [0.1, 0.15) is 25.7 Å². The molecule has 0 bridgehead atoms. The van der Waals surface area contributed by atoms with Crippen LogP contribution in [0.25, 0.3) is 0 Å². The highest BCUT2D eigenvalue weighted by Gasteiger charge is 2.29. The normalized spacial score (nSPS) is 30.0. The number of piperidine rings is 1. The minimum atomic E-state index is -0.181. The van der Waals surface area contributed by atoms with Crippen molar-refractivity contribution in [3.8, 4) is 0 Å². The number of nitrogens with two attached hydrogens (primary N) is 1. The first-order chi connectivity index (χ1) is 7.79. The van der Waals surface area contributed by atoms with Crippen LogP contribution >= 0.6 is 0 Å². The van der Waals surface area contributed by atoms with E-state index in [1.54, 1.807) is 0 Å². The van der Waals surface area contributed by atoms with Crippen LogP contribution in [0.2, 0.25) is 0 Å². The lowest BCUT2D eigenvalue weighted by molar-refractivity contribution is 0.152. The Morgan fingerprint density at radius 3 is 2.56 bits per heavy atom. The van der Waals surface area contributed by atoms with Gasteiger partial charge >= 0.3 is 0 Å². The van der Waals surface area contributed by atoms with E-state index < -0.39 is 0 Å². The fraction of sp³-hybridized carbons (Fsp3) is 1.00. The summed E-state index contributed by atoms with van der Waals surface area (Å²) in [5, 5.41) is 0. The molecule has 1 atom stereocenters. The van der Waals surface area contributed by atoms with Gasteiger partial charge in [-0.3, -0.25) is 9.29 Å². The summed E-state index contributed by atoms with van der Waals surface area (Å²) in [7, 11) is 0. The zero-order valence-corrected chi connectivity index (χ0v) is 10.1. The Morgan fingerprint density at radius 1 is 1.12 bits per heavy atom. The van der Waals surface area contributed by atoms with E-state index in [4.69, 9.17) is 5.73 Å². The van der Waals surface area contributed by atoms with Gasteiger partial charge in [0.2, 0.25) is 0 Å². The summed E-state index contributed by atoms with van der Waals surface area (Å²) in [5.74, 6) is 0. The Balaban J connectivity index is 1.71. The molecule has 2 aliphatic rings. The molecule has 3 nitrogen and oxygen atoms in total. The lowest BCUT2D eigenvalue weighted by Gasteiger charge is -2.34. The highest BCUT2D eigenvalue weighted by Crippen LogP contribution is 2.19. The maximum atomic E-state index is 12.1. The van der Waals surface area contributed by atoms with Crippen molar-refractivity contribution in [2.75, 3.05) is 39.4 Å². The second-order valence-corrected chi connectivity index (χ2v) is 5.16. The van der Waals surface area contributed by atoms with E-state index in [1.807, 2.05) is 0 Å². The molecule has 94 valence electrons. The molecular weight excluding hydrogens is 205 g/mol. The molecule has 0 aromatic heterocycles. The number of likely N-dealkylation sites (tertiary alicyclic amines) is 2. The second kappa shape index (κ2) is 5.94. The third-order valence-electron chi connectivity index (χ3n) is 3.95. The average Bonchev–Trinajstić information content (AvgIpc) is 2.76. The first-order valence-corrected chi connectivity index (χ1v) is 6.57. The fourth-order valence-corrected chi connectivity index (χ4v) is 2.88. The molecule has 0 saturated carbocycles. The van der Waals surface area contributed by atoms with Gasteiger partial charge in [-0.15, -0.1) is 0 Å². The molecule has 0 aromatic rings. The zero-order valence-electron chi connectivity index (χ0n) is 10.1. The largest absolute Gasteiger partial charge is 0.328 e. The molecule has 2 heterocycles. The number of alkyl halides is 1. The van der Waals surface area contributed by atoms with Gasteiger partial charge in [0.25, 0.3) is 0 Å². The Hall–Kier alpha value is -0.190. The van der Waals surface area contributed by atoms with Crippen LogP contribution in [0.5, 0.6) is 0 Å². The summed E-state index contributed by atoms with van der Waals surface area (Å²) >= 11 is 0. The third kappa shape index (κ3) is 3.15. The topological polar surface area (TPSA) is 32.5 Å². The molecule has 0 spiro atoms. The number of hydrogen-bond acceptors (Lipinski definition) is 3. The quantitative estimate of drug-likeness (QED) is 0.775. The van der Waals surface area contributed by atoms with Gasteiger partial charge in [0, 0.05) is 25.2 Å². The van der Waals surface area contributed by atoms with Crippen molar-refractivity contribution in [1.29, 1.82) is 0 Å². The van der Waals surface area contributed by atoms with Crippen LogP contribution < -0.4 is 5.73 Å². The van der Waals surface area contributed by atoms with Crippen molar-refractivity contribution in [2.24, 2.45) is 5.73 Å². The van der Waals surface area contributed by atoms with E-state index in [-0.39, 0.29) is 6.67 Å². The van der Waals surface area contributed by atoms with Gasteiger partial charge in [-0.1, -0.05) is 0 Å². The molecule has 2 rings (SSSR count). The van der Waals surface area contributed by atoms with E-state index in [0.717, 1.165) is 45.6 Å². The van der Waals surface area contributed by atoms with Gasteiger partial charge in [-0.25, -0.2) is 0 Å². The molecule has 2 aliphatic heterocycles. The van der Waals surface area contributed by atoms with Gasteiger partial charge in [0.15, 0.2) is 0 Å². The summed E-state index contributed by atoms with van der Waals surface area (Å²) in [6.45, 7) is 5.34. The SMILES string of the molecule is NC1CCN(C2CCN(CCCF)C2)CC1. The van der Waals surface area contributed by atoms with E-state index in [1.165, 1.54) is 6.42 Å². The molecule has 16 heavy (non-hydrogen) atoms. The van der Waals surface area contributed by atoms with E-state index in [0.29, 0.717) is 18.5 Å². The molecule has 4 heteroatoms. The molecule has 0 aliphatic carbocycles. The van der Waals surface area contributed by atoms with E-state index in [2.05, 4.69) is 9.80 Å². The highest BCUT2D eigenvalue weighted by atomic mass is 19.1. The van der Waals surface area contributed by atoms with Crippen molar-refractivity contribution < 1.29 is 4.39 Å². The van der Waals surface area contributed by atoms with Crippen molar-refractivity contribution in [3.63, 3.8) is 0 Å². The highest BCUT2D eigenvalue weighted by molar-refractivity contribution is 4.86. The molecule has 1 unspecified atom stereocenters. The Bertz CT molecular complexity index is 204. The van der Waals surface area contributed by atoms with E-state index >= 15 is 0 Å². The molecule has 2 N–H and O–H groups in total. The van der Waals surface area contributed by atoms with Crippen molar-refractivity contribution in [1.82, 2.24) is 9.80 Å². The minimum Gasteiger partial charge on any atom is -0.328 e. The Labute approximate surface area is 97.8 Å². The van der Waals surface area contributed by atoms with Crippen molar-refractivity contribution >= 4 is 0 Å². The zero-order chi connectivity index (χ0) is 11.4. The summed E-state index contributed by atoms with van der Waals surface area (Å²) < 4.78 is 12.1. The molecule has 0 radical (unpaired) electrons. The summed E-state index contributed by atoms with van der Waals surface area (Å²) in [4.78, 5) is 4.98. The lowest BCUT2D eigenvalue weighted by Crippen LogP contribution is -2.46. The fourth-order valence-electron chi connectivity index (χ4n) is 2.88. The van der Waals surface area contributed by atoms with Gasteiger partial charge in [0.05, 0.1) is 6.67 Å². The Morgan fingerprint density at radius 2 is 1.88 bits per heavy atom. The van der Waals surface area contributed by atoms with Crippen LogP contribution in [0.4, 0.5) is 4.39 Å². The van der Waals surface area contributed by atoms with Crippen molar-refractivity contribution in [3.05, 3.63) is 0 Å². The van der Waals surface area contributed by atoms with Gasteiger partial charge < -0.3 is 10.6 Å². The van der Waals surface area contributed by atoms with Gasteiger partial charge in [-0.2, -0.15) is 0 Å². The predicted molar refractivity (Wildman–Crippen MR) is 64.2 cm³/mol. The number of hydrogen-bond donors (Lipinski definition) is 1. The Kier molecular flexibility index (Phi) is 4.55. The maximum absolute atomic E-state index is 12.1. The summed E-state index contributed by atoms with van der Waals surface area (Å²) in [6.07, 6.45) is 4.22. The molecular formula is C12H24FN3. The third-order valence-corrected chi connectivity index (χ3v) is 3.95. The smallest absolute Gasteiger partial charge is 0.0906 e. The number of nitrogens with zero attached hydrogens (tertiary/aromatic N) is 2. The predicted octanol–water partition coefficient (Wildman–Crippen LogP) is 0.843. The first-order valence-electron chi connectivity index (χ1n) is 6.57. The number of halogens is 1. The summed E-state index contributed by atoms with van der Waals surface area (Å²) in [6, 6.07) is 1.12. The number of rotatable bonds is 4. The maximum Gasteiger partial charge on any atom is 0.0906 e. The van der Waals surface area contributed by atoms with Crippen LogP contribution in [0.15, 0.2) is 0 Å². The first kappa shape index (κ1) is 12.3. The molecule has 2 saturated heterocycles.